The van der Waals surface area contributed by atoms with Crippen LogP contribution in [0.3, 0.4) is 0 Å². The Balaban J connectivity index is 2.01. The van der Waals surface area contributed by atoms with E-state index >= 15 is 0 Å². The average Bonchev–Trinajstić information content (AvgIpc) is 2.41. The number of amides is 1. The molecule has 1 N–H and O–H groups in total. The van der Waals surface area contributed by atoms with Gasteiger partial charge in [-0.25, -0.2) is 0 Å². The van der Waals surface area contributed by atoms with Gasteiger partial charge in [-0.15, -0.1) is 0 Å². The first-order valence-electron chi connectivity index (χ1n) is 6.66. The van der Waals surface area contributed by atoms with Gasteiger partial charge in [0.1, 0.15) is 5.75 Å². The molecule has 104 valence electrons. The van der Waals surface area contributed by atoms with E-state index in [1.54, 1.807) is 6.92 Å². The summed E-state index contributed by atoms with van der Waals surface area (Å²) in [5.41, 5.74) is 2.95. The molecule has 0 aromatic heterocycles. The molecule has 3 nitrogen and oxygen atoms in total. The van der Waals surface area contributed by atoms with Gasteiger partial charge in [-0.2, -0.15) is 0 Å². The number of hydrogen-bond donors (Lipinski definition) is 1. The van der Waals surface area contributed by atoms with Crippen molar-refractivity contribution in [1.29, 1.82) is 0 Å². The zero-order valence-electron chi connectivity index (χ0n) is 12.0. The average molecular weight is 269 g/mol. The molecule has 0 saturated carbocycles. The van der Waals surface area contributed by atoms with Crippen LogP contribution < -0.4 is 10.1 Å². The topological polar surface area (TPSA) is 38.3 Å². The van der Waals surface area contributed by atoms with Crippen molar-refractivity contribution in [2.75, 3.05) is 5.32 Å². The van der Waals surface area contributed by atoms with Gasteiger partial charge in [0.25, 0.3) is 5.91 Å². The van der Waals surface area contributed by atoms with Crippen molar-refractivity contribution in [3.05, 3.63) is 59.7 Å². The molecule has 0 saturated heterocycles. The SMILES string of the molecule is Cc1cccc(O[C@H](C)C(=O)Nc2ccccc2C)c1. The Bertz CT molecular complexity index is 607. The Morgan fingerprint density at radius 3 is 2.55 bits per heavy atom. The first-order chi connectivity index (χ1) is 9.56. The van der Waals surface area contributed by atoms with Gasteiger partial charge in [0.2, 0.25) is 0 Å². The van der Waals surface area contributed by atoms with Crippen LogP contribution in [0.5, 0.6) is 5.75 Å². The standard InChI is InChI=1S/C17H19NO2/c1-12-7-6-9-15(11-12)20-14(3)17(19)18-16-10-5-4-8-13(16)2/h4-11,14H,1-3H3,(H,18,19)/t14-/m1/s1. The molecule has 0 aliphatic carbocycles. The second kappa shape index (κ2) is 6.24. The van der Waals surface area contributed by atoms with E-state index in [0.29, 0.717) is 5.75 Å². The van der Waals surface area contributed by atoms with Gasteiger partial charge in [-0.1, -0.05) is 30.3 Å². The van der Waals surface area contributed by atoms with Crippen LogP contribution in [0.1, 0.15) is 18.1 Å². The third-order valence-corrected chi connectivity index (χ3v) is 3.07. The maximum absolute atomic E-state index is 12.1. The number of carbonyl (C=O) groups is 1. The Labute approximate surface area is 119 Å². The van der Waals surface area contributed by atoms with Gasteiger partial charge in [0, 0.05) is 5.69 Å². The first-order valence-corrected chi connectivity index (χ1v) is 6.66. The van der Waals surface area contributed by atoms with Crippen molar-refractivity contribution in [3.63, 3.8) is 0 Å². The van der Waals surface area contributed by atoms with E-state index in [2.05, 4.69) is 5.32 Å². The largest absolute Gasteiger partial charge is 0.481 e. The van der Waals surface area contributed by atoms with Crippen LogP contribution in [0, 0.1) is 13.8 Å². The van der Waals surface area contributed by atoms with Gasteiger partial charge >= 0.3 is 0 Å². The maximum Gasteiger partial charge on any atom is 0.265 e. The first kappa shape index (κ1) is 14.1. The fourth-order valence-electron chi connectivity index (χ4n) is 1.89. The van der Waals surface area contributed by atoms with Gasteiger partial charge in [0.15, 0.2) is 6.10 Å². The van der Waals surface area contributed by atoms with Gasteiger partial charge in [-0.3, -0.25) is 4.79 Å². The predicted molar refractivity (Wildman–Crippen MR) is 81.1 cm³/mol. The van der Waals surface area contributed by atoms with Crippen molar-refractivity contribution in [1.82, 2.24) is 0 Å². The van der Waals surface area contributed by atoms with Crippen molar-refractivity contribution < 1.29 is 9.53 Å². The lowest BCUT2D eigenvalue weighted by molar-refractivity contribution is -0.122. The highest BCUT2D eigenvalue weighted by Gasteiger charge is 2.15. The number of benzene rings is 2. The summed E-state index contributed by atoms with van der Waals surface area (Å²) >= 11 is 0. The minimum atomic E-state index is -0.545. The number of carbonyl (C=O) groups excluding carboxylic acids is 1. The van der Waals surface area contributed by atoms with Crippen LogP contribution >= 0.6 is 0 Å². The number of ether oxygens (including phenoxy) is 1. The lowest BCUT2D eigenvalue weighted by Gasteiger charge is -2.16. The second-order valence-electron chi connectivity index (χ2n) is 4.88. The number of para-hydroxylation sites is 1. The lowest BCUT2D eigenvalue weighted by atomic mass is 10.2. The molecule has 0 radical (unpaired) electrons. The maximum atomic E-state index is 12.1. The summed E-state index contributed by atoms with van der Waals surface area (Å²) < 4.78 is 5.66. The highest BCUT2D eigenvalue weighted by atomic mass is 16.5. The van der Waals surface area contributed by atoms with Crippen LogP contribution in [0.2, 0.25) is 0 Å². The van der Waals surface area contributed by atoms with Crippen LogP contribution in [0.15, 0.2) is 48.5 Å². The van der Waals surface area contributed by atoms with E-state index in [9.17, 15) is 4.79 Å². The molecule has 3 heteroatoms. The lowest BCUT2D eigenvalue weighted by Crippen LogP contribution is -2.30. The van der Waals surface area contributed by atoms with E-state index < -0.39 is 6.10 Å². The van der Waals surface area contributed by atoms with Gasteiger partial charge in [-0.05, 0) is 50.1 Å². The smallest absolute Gasteiger partial charge is 0.265 e. The summed E-state index contributed by atoms with van der Waals surface area (Å²) in [7, 11) is 0. The summed E-state index contributed by atoms with van der Waals surface area (Å²) in [6.45, 7) is 5.70. The highest BCUT2D eigenvalue weighted by molar-refractivity contribution is 5.94. The number of anilines is 1. The molecule has 1 atom stereocenters. The molecule has 1 amide bonds. The summed E-state index contributed by atoms with van der Waals surface area (Å²) in [4.78, 5) is 12.1. The van der Waals surface area contributed by atoms with Gasteiger partial charge in [0.05, 0.1) is 0 Å². The molecule has 20 heavy (non-hydrogen) atoms. The molecule has 0 fully saturated rings. The molecular formula is C17H19NO2. The van der Waals surface area contributed by atoms with Crippen LogP contribution in [-0.2, 0) is 4.79 Å². The molecule has 0 unspecified atom stereocenters. The van der Waals surface area contributed by atoms with Crippen molar-refractivity contribution in [2.24, 2.45) is 0 Å². The minimum Gasteiger partial charge on any atom is -0.481 e. The fraction of sp³-hybridized carbons (Fsp3) is 0.235. The van der Waals surface area contributed by atoms with Crippen molar-refractivity contribution in [2.45, 2.75) is 26.9 Å². The molecular weight excluding hydrogens is 250 g/mol. The summed E-state index contributed by atoms with van der Waals surface area (Å²) in [6.07, 6.45) is -0.545. The second-order valence-corrected chi connectivity index (χ2v) is 4.88. The van der Waals surface area contributed by atoms with E-state index in [4.69, 9.17) is 4.74 Å². The fourth-order valence-corrected chi connectivity index (χ4v) is 1.89. The normalized spacial score (nSPS) is 11.8. The molecule has 0 aliphatic rings. The Hall–Kier alpha value is -2.29. The zero-order chi connectivity index (χ0) is 14.5. The van der Waals surface area contributed by atoms with Crippen molar-refractivity contribution in [3.8, 4) is 5.75 Å². The third-order valence-electron chi connectivity index (χ3n) is 3.07. The van der Waals surface area contributed by atoms with E-state index in [-0.39, 0.29) is 5.91 Å². The molecule has 0 bridgehead atoms. The molecule has 0 heterocycles. The van der Waals surface area contributed by atoms with E-state index in [0.717, 1.165) is 16.8 Å². The Morgan fingerprint density at radius 2 is 1.85 bits per heavy atom. The number of hydrogen-bond acceptors (Lipinski definition) is 2. The Morgan fingerprint density at radius 1 is 1.10 bits per heavy atom. The number of nitrogens with one attached hydrogen (secondary N) is 1. The van der Waals surface area contributed by atoms with Crippen LogP contribution in [0.4, 0.5) is 5.69 Å². The zero-order valence-corrected chi connectivity index (χ0v) is 12.0. The predicted octanol–water partition coefficient (Wildman–Crippen LogP) is 3.71. The number of aryl methyl sites for hydroxylation is 2. The highest BCUT2D eigenvalue weighted by Crippen LogP contribution is 2.16. The number of rotatable bonds is 4. The molecule has 2 rings (SSSR count). The van der Waals surface area contributed by atoms with E-state index in [1.807, 2.05) is 62.4 Å². The molecule has 2 aromatic carbocycles. The molecule has 0 spiro atoms. The molecule has 2 aromatic rings. The third kappa shape index (κ3) is 3.60. The van der Waals surface area contributed by atoms with E-state index in [1.165, 1.54) is 0 Å². The van der Waals surface area contributed by atoms with Crippen LogP contribution in [-0.4, -0.2) is 12.0 Å². The minimum absolute atomic E-state index is 0.152. The summed E-state index contributed by atoms with van der Waals surface area (Å²) in [5.74, 6) is 0.554. The monoisotopic (exact) mass is 269 g/mol. The Kier molecular flexibility index (Phi) is 4.41. The quantitative estimate of drug-likeness (QED) is 0.919. The van der Waals surface area contributed by atoms with Gasteiger partial charge < -0.3 is 10.1 Å². The van der Waals surface area contributed by atoms with Crippen LogP contribution in [0.25, 0.3) is 0 Å². The summed E-state index contributed by atoms with van der Waals surface area (Å²) in [5, 5.41) is 2.88. The molecule has 0 aliphatic heterocycles. The van der Waals surface area contributed by atoms with Crippen molar-refractivity contribution >= 4 is 11.6 Å². The summed E-state index contributed by atoms with van der Waals surface area (Å²) in [6, 6.07) is 15.4.